The van der Waals surface area contributed by atoms with E-state index in [1.54, 1.807) is 7.05 Å². The maximum absolute atomic E-state index is 12.4. The molecule has 1 aliphatic heterocycles. The monoisotopic (exact) mass is 303 g/mol. The van der Waals surface area contributed by atoms with Crippen LogP contribution < -0.4 is 0 Å². The third kappa shape index (κ3) is 3.25. The Bertz CT molecular complexity index is 532. The van der Waals surface area contributed by atoms with Crippen molar-refractivity contribution < 1.29 is 8.42 Å². The number of likely N-dealkylation sites (tertiary alicyclic amines) is 1. The van der Waals surface area contributed by atoms with E-state index < -0.39 is 10.0 Å². The van der Waals surface area contributed by atoms with Gasteiger partial charge >= 0.3 is 0 Å². The first-order valence-electron chi connectivity index (χ1n) is 6.19. The summed E-state index contributed by atoms with van der Waals surface area (Å²) in [6, 6.07) is 3.27. The van der Waals surface area contributed by atoms with Crippen molar-refractivity contribution in [2.75, 3.05) is 27.2 Å². The summed E-state index contributed by atoms with van der Waals surface area (Å²) in [7, 11) is 0.156. The van der Waals surface area contributed by atoms with E-state index in [1.807, 2.05) is 7.05 Å². The summed E-state index contributed by atoms with van der Waals surface area (Å²) in [5.74, 6) is 0. The molecule has 0 N–H and O–H groups in total. The van der Waals surface area contributed by atoms with Gasteiger partial charge in [-0.05, 0) is 38.6 Å². The van der Waals surface area contributed by atoms with Crippen LogP contribution in [0.15, 0.2) is 23.2 Å². The second-order valence-corrected chi connectivity index (χ2v) is 7.31. The molecule has 19 heavy (non-hydrogen) atoms. The van der Waals surface area contributed by atoms with Crippen molar-refractivity contribution in [2.24, 2.45) is 0 Å². The zero-order chi connectivity index (χ0) is 14.0. The molecule has 7 heteroatoms. The highest BCUT2D eigenvalue weighted by molar-refractivity contribution is 7.89. The summed E-state index contributed by atoms with van der Waals surface area (Å²) in [6.45, 7) is 1.53. The third-order valence-electron chi connectivity index (χ3n) is 3.55. The number of hydrogen-bond acceptors (Lipinski definition) is 4. The maximum atomic E-state index is 12.4. The molecule has 1 atom stereocenters. The van der Waals surface area contributed by atoms with E-state index >= 15 is 0 Å². The third-order valence-corrected chi connectivity index (χ3v) is 5.58. The molecule has 5 nitrogen and oxygen atoms in total. The van der Waals surface area contributed by atoms with Crippen molar-refractivity contribution in [2.45, 2.75) is 23.8 Å². The van der Waals surface area contributed by atoms with Crippen LogP contribution in [0.5, 0.6) is 0 Å². The zero-order valence-electron chi connectivity index (χ0n) is 11.1. The van der Waals surface area contributed by atoms with Crippen LogP contribution in [-0.2, 0) is 10.0 Å². The Balaban J connectivity index is 2.12. The number of aromatic nitrogens is 1. The fourth-order valence-corrected chi connectivity index (χ4v) is 3.57. The van der Waals surface area contributed by atoms with Gasteiger partial charge in [0.05, 0.1) is 0 Å². The molecule has 1 aliphatic rings. The highest BCUT2D eigenvalue weighted by Gasteiger charge is 2.28. The van der Waals surface area contributed by atoms with Crippen LogP contribution in [0.25, 0.3) is 0 Å². The van der Waals surface area contributed by atoms with Crippen molar-refractivity contribution in [1.82, 2.24) is 14.2 Å². The van der Waals surface area contributed by atoms with Gasteiger partial charge in [0.1, 0.15) is 10.0 Å². The summed E-state index contributed by atoms with van der Waals surface area (Å²) in [6.07, 6.45) is 3.46. The summed E-state index contributed by atoms with van der Waals surface area (Å²) < 4.78 is 26.1. The molecule has 0 amide bonds. The fraction of sp³-hybridized carbons (Fsp3) is 0.583. The Hall–Kier alpha value is -0.690. The average Bonchev–Trinajstić information content (AvgIpc) is 2.75. The SMILES string of the molecule is CN1CCCC1CN(C)S(=O)(=O)c1ccc(Cl)nc1. The van der Waals surface area contributed by atoms with Gasteiger partial charge in [0.15, 0.2) is 0 Å². The summed E-state index contributed by atoms with van der Waals surface area (Å²) in [5, 5.41) is 0.289. The summed E-state index contributed by atoms with van der Waals surface area (Å²) in [4.78, 5) is 6.20. The smallest absolute Gasteiger partial charge is 0.244 e. The quantitative estimate of drug-likeness (QED) is 0.790. The minimum Gasteiger partial charge on any atom is -0.302 e. The molecule has 2 heterocycles. The van der Waals surface area contributed by atoms with Gasteiger partial charge in [0, 0.05) is 25.8 Å². The molecular weight excluding hydrogens is 286 g/mol. The van der Waals surface area contributed by atoms with Crippen LogP contribution >= 0.6 is 11.6 Å². The average molecular weight is 304 g/mol. The lowest BCUT2D eigenvalue weighted by Gasteiger charge is -2.25. The molecular formula is C12H18ClN3O2S. The molecule has 1 aromatic rings. The summed E-state index contributed by atoms with van der Waals surface area (Å²) in [5.41, 5.74) is 0. The Morgan fingerprint density at radius 1 is 1.53 bits per heavy atom. The Labute approximate surface area is 119 Å². The van der Waals surface area contributed by atoms with E-state index in [4.69, 9.17) is 11.6 Å². The van der Waals surface area contributed by atoms with Gasteiger partial charge in [-0.1, -0.05) is 11.6 Å². The maximum Gasteiger partial charge on any atom is 0.244 e. The van der Waals surface area contributed by atoms with Gasteiger partial charge in [0.25, 0.3) is 0 Å². The van der Waals surface area contributed by atoms with Gasteiger partial charge in [-0.3, -0.25) is 0 Å². The summed E-state index contributed by atoms with van der Waals surface area (Å²) >= 11 is 5.67. The normalized spacial score (nSPS) is 21.2. The van der Waals surface area contributed by atoms with Crippen LogP contribution in [0.3, 0.4) is 0 Å². The highest BCUT2D eigenvalue weighted by Crippen LogP contribution is 2.20. The second kappa shape index (κ2) is 5.75. The van der Waals surface area contributed by atoms with E-state index in [2.05, 4.69) is 9.88 Å². The highest BCUT2D eigenvalue weighted by atomic mass is 35.5. The van der Waals surface area contributed by atoms with Gasteiger partial charge in [-0.2, -0.15) is 4.31 Å². The van der Waals surface area contributed by atoms with Crippen LogP contribution in [0.4, 0.5) is 0 Å². The van der Waals surface area contributed by atoms with Crippen molar-refractivity contribution in [3.8, 4) is 0 Å². The number of sulfonamides is 1. The number of halogens is 1. The molecule has 1 saturated heterocycles. The largest absolute Gasteiger partial charge is 0.302 e. The van der Waals surface area contributed by atoms with E-state index in [0.717, 1.165) is 19.4 Å². The number of hydrogen-bond donors (Lipinski definition) is 0. The van der Waals surface area contributed by atoms with Crippen LogP contribution in [0.1, 0.15) is 12.8 Å². The predicted octanol–water partition coefficient (Wildman–Crippen LogP) is 1.45. The van der Waals surface area contributed by atoms with Crippen molar-refractivity contribution in [1.29, 1.82) is 0 Å². The molecule has 1 unspecified atom stereocenters. The van der Waals surface area contributed by atoms with E-state index in [-0.39, 0.29) is 10.0 Å². The Morgan fingerprint density at radius 2 is 2.26 bits per heavy atom. The molecule has 2 rings (SSSR count). The number of pyridine rings is 1. The van der Waals surface area contributed by atoms with E-state index in [9.17, 15) is 8.42 Å². The van der Waals surface area contributed by atoms with Crippen molar-refractivity contribution in [3.63, 3.8) is 0 Å². The second-order valence-electron chi connectivity index (χ2n) is 4.88. The van der Waals surface area contributed by atoms with E-state index in [0.29, 0.717) is 12.6 Å². The van der Waals surface area contributed by atoms with Crippen LogP contribution in [0.2, 0.25) is 5.15 Å². The lowest BCUT2D eigenvalue weighted by molar-refractivity contribution is 0.271. The van der Waals surface area contributed by atoms with Gasteiger partial charge in [-0.25, -0.2) is 13.4 Å². The Morgan fingerprint density at radius 3 is 2.79 bits per heavy atom. The lowest BCUT2D eigenvalue weighted by atomic mass is 10.2. The van der Waals surface area contributed by atoms with Crippen LogP contribution in [0, 0.1) is 0 Å². The van der Waals surface area contributed by atoms with Crippen LogP contribution in [-0.4, -0.2) is 55.8 Å². The van der Waals surface area contributed by atoms with Gasteiger partial charge < -0.3 is 4.90 Å². The fourth-order valence-electron chi connectivity index (χ4n) is 2.30. The van der Waals surface area contributed by atoms with Gasteiger partial charge in [-0.15, -0.1) is 0 Å². The zero-order valence-corrected chi connectivity index (χ0v) is 12.7. The molecule has 106 valence electrons. The first kappa shape index (κ1) is 14.7. The minimum absolute atomic E-state index is 0.181. The van der Waals surface area contributed by atoms with Gasteiger partial charge in [0.2, 0.25) is 10.0 Å². The first-order chi connectivity index (χ1) is 8.91. The number of likely N-dealkylation sites (N-methyl/N-ethyl adjacent to an activating group) is 2. The lowest BCUT2D eigenvalue weighted by Crippen LogP contribution is -2.39. The van der Waals surface area contributed by atoms with E-state index in [1.165, 1.54) is 22.6 Å². The molecule has 0 aliphatic carbocycles. The standard InChI is InChI=1S/C12H18ClN3O2S/c1-15-7-3-4-10(15)9-16(2)19(17,18)11-5-6-12(13)14-8-11/h5-6,8,10H,3-4,7,9H2,1-2H3. The molecule has 1 aromatic heterocycles. The molecule has 0 spiro atoms. The molecule has 0 radical (unpaired) electrons. The molecule has 0 aromatic carbocycles. The number of nitrogens with zero attached hydrogens (tertiary/aromatic N) is 3. The minimum atomic E-state index is -3.48. The first-order valence-corrected chi connectivity index (χ1v) is 8.01. The molecule has 1 fully saturated rings. The number of rotatable bonds is 4. The van der Waals surface area contributed by atoms with Crippen molar-refractivity contribution in [3.05, 3.63) is 23.5 Å². The van der Waals surface area contributed by atoms with Crippen molar-refractivity contribution >= 4 is 21.6 Å². The molecule has 0 bridgehead atoms. The molecule has 0 saturated carbocycles. The Kier molecular flexibility index (Phi) is 4.45. The topological polar surface area (TPSA) is 53.5 Å². The predicted molar refractivity (Wildman–Crippen MR) is 74.7 cm³/mol.